The Kier molecular flexibility index (Phi) is 2.87. The van der Waals surface area contributed by atoms with Crippen molar-refractivity contribution in [1.82, 2.24) is 15.0 Å². The number of carbonyl (C=O) groups is 1. The Morgan fingerprint density at radius 2 is 2.10 bits per heavy atom. The number of hydrogen-bond donors (Lipinski definition) is 1. The van der Waals surface area contributed by atoms with Gasteiger partial charge in [-0.2, -0.15) is 0 Å². The average Bonchev–Trinajstić information content (AvgIpc) is 2.84. The summed E-state index contributed by atoms with van der Waals surface area (Å²) in [4.78, 5) is 10.9. The Morgan fingerprint density at radius 1 is 1.30 bits per heavy atom. The maximum atomic E-state index is 14.0. The molecule has 2 aromatic carbocycles. The van der Waals surface area contributed by atoms with Crippen LogP contribution in [0.25, 0.3) is 16.7 Å². The highest BCUT2D eigenvalue weighted by Crippen LogP contribution is 2.24. The van der Waals surface area contributed by atoms with Crippen molar-refractivity contribution in [3.8, 4) is 5.69 Å². The molecule has 0 aliphatic heterocycles. The van der Waals surface area contributed by atoms with Crippen molar-refractivity contribution in [3.63, 3.8) is 0 Å². The van der Waals surface area contributed by atoms with Gasteiger partial charge in [-0.05, 0) is 30.3 Å². The molecular formula is C13H7ClFN3O2. The molecule has 0 saturated carbocycles. The van der Waals surface area contributed by atoms with Gasteiger partial charge in [-0.15, -0.1) is 5.10 Å². The highest BCUT2D eigenvalue weighted by molar-refractivity contribution is 6.30. The molecule has 100 valence electrons. The van der Waals surface area contributed by atoms with Gasteiger partial charge in [0.1, 0.15) is 11.2 Å². The third-order valence-corrected chi connectivity index (χ3v) is 3.14. The van der Waals surface area contributed by atoms with Gasteiger partial charge in [0, 0.05) is 0 Å². The van der Waals surface area contributed by atoms with Gasteiger partial charge >= 0.3 is 5.97 Å². The molecule has 0 aliphatic carbocycles. The molecule has 0 atom stereocenters. The molecule has 0 spiro atoms. The molecule has 1 aromatic heterocycles. The van der Waals surface area contributed by atoms with E-state index >= 15 is 0 Å². The van der Waals surface area contributed by atoms with Crippen LogP contribution >= 0.6 is 11.6 Å². The van der Waals surface area contributed by atoms with Crippen LogP contribution in [0.1, 0.15) is 10.4 Å². The second-order valence-corrected chi connectivity index (χ2v) is 4.49. The van der Waals surface area contributed by atoms with E-state index in [0.717, 1.165) is 0 Å². The quantitative estimate of drug-likeness (QED) is 0.788. The molecule has 20 heavy (non-hydrogen) atoms. The molecule has 7 heteroatoms. The summed E-state index contributed by atoms with van der Waals surface area (Å²) < 4.78 is 15.3. The van der Waals surface area contributed by atoms with E-state index in [1.54, 1.807) is 6.07 Å². The summed E-state index contributed by atoms with van der Waals surface area (Å²) in [5, 5.41) is 16.6. The first kappa shape index (κ1) is 12.6. The summed E-state index contributed by atoms with van der Waals surface area (Å²) in [6, 6.07) is 8.86. The standard InChI is InChI=1S/C13H7ClFN3O2/c14-8-2-1-3-11(12(8)15)18-10-5-4-7(13(19)20)6-9(10)16-17-18/h1-6H,(H,19,20). The van der Waals surface area contributed by atoms with E-state index in [9.17, 15) is 9.18 Å². The lowest BCUT2D eigenvalue weighted by molar-refractivity contribution is 0.0697. The number of carboxylic acid groups (broad SMARTS) is 1. The van der Waals surface area contributed by atoms with Crippen molar-refractivity contribution in [2.45, 2.75) is 0 Å². The molecule has 1 heterocycles. The van der Waals surface area contributed by atoms with Crippen LogP contribution in [0, 0.1) is 5.82 Å². The Hall–Kier alpha value is -2.47. The van der Waals surface area contributed by atoms with Gasteiger partial charge in [0.25, 0.3) is 0 Å². The zero-order valence-corrected chi connectivity index (χ0v) is 10.7. The fourth-order valence-electron chi connectivity index (χ4n) is 1.89. The summed E-state index contributed by atoms with van der Waals surface area (Å²) in [7, 11) is 0. The van der Waals surface area contributed by atoms with Gasteiger partial charge in [-0.25, -0.2) is 13.9 Å². The highest BCUT2D eigenvalue weighted by Gasteiger charge is 2.14. The SMILES string of the molecule is O=C(O)c1ccc2c(c1)nnn2-c1cccc(Cl)c1F. The second-order valence-electron chi connectivity index (χ2n) is 4.08. The van der Waals surface area contributed by atoms with Gasteiger partial charge in [0.2, 0.25) is 0 Å². The lowest BCUT2D eigenvalue weighted by Gasteiger charge is -2.04. The summed E-state index contributed by atoms with van der Waals surface area (Å²) in [5.41, 5.74) is 1.11. The fourth-order valence-corrected chi connectivity index (χ4v) is 2.06. The molecule has 0 fully saturated rings. The number of rotatable bonds is 2. The van der Waals surface area contributed by atoms with Crippen LogP contribution in [0.2, 0.25) is 5.02 Å². The molecule has 0 radical (unpaired) electrons. The predicted molar refractivity (Wildman–Crippen MR) is 70.8 cm³/mol. The third kappa shape index (κ3) is 1.90. The summed E-state index contributed by atoms with van der Waals surface area (Å²) >= 11 is 5.73. The first-order valence-electron chi connectivity index (χ1n) is 5.61. The average molecular weight is 292 g/mol. The van der Waals surface area contributed by atoms with Gasteiger partial charge < -0.3 is 5.11 Å². The van der Waals surface area contributed by atoms with Crippen LogP contribution in [0.5, 0.6) is 0 Å². The van der Waals surface area contributed by atoms with E-state index in [4.69, 9.17) is 16.7 Å². The number of halogens is 2. The molecule has 1 N–H and O–H groups in total. The Morgan fingerprint density at radius 3 is 2.85 bits per heavy atom. The Balaban J connectivity index is 2.23. The first-order valence-corrected chi connectivity index (χ1v) is 5.99. The van der Waals surface area contributed by atoms with Crippen molar-refractivity contribution in [2.24, 2.45) is 0 Å². The minimum atomic E-state index is -1.06. The molecule has 3 aromatic rings. The number of aromatic nitrogens is 3. The van der Waals surface area contributed by atoms with Gasteiger partial charge in [-0.3, -0.25) is 0 Å². The van der Waals surface area contributed by atoms with E-state index in [1.807, 2.05) is 0 Å². The number of carboxylic acids is 1. The zero-order valence-electron chi connectivity index (χ0n) is 9.92. The molecule has 0 saturated heterocycles. The number of benzene rings is 2. The van der Waals surface area contributed by atoms with E-state index < -0.39 is 11.8 Å². The molecule has 0 amide bonds. The zero-order chi connectivity index (χ0) is 14.3. The highest BCUT2D eigenvalue weighted by atomic mass is 35.5. The van der Waals surface area contributed by atoms with Crippen molar-refractivity contribution < 1.29 is 14.3 Å². The summed E-state index contributed by atoms with van der Waals surface area (Å²) in [6.45, 7) is 0. The number of fused-ring (bicyclic) bond motifs is 1. The van der Waals surface area contributed by atoms with Crippen molar-refractivity contribution in [2.75, 3.05) is 0 Å². The van der Waals surface area contributed by atoms with Crippen molar-refractivity contribution >= 4 is 28.6 Å². The van der Waals surface area contributed by atoms with E-state index in [2.05, 4.69) is 10.3 Å². The number of aromatic carboxylic acids is 1. The molecule has 0 bridgehead atoms. The molecule has 0 aliphatic rings. The topological polar surface area (TPSA) is 68.0 Å². The lowest BCUT2D eigenvalue weighted by Crippen LogP contribution is -2.00. The lowest BCUT2D eigenvalue weighted by atomic mass is 10.2. The third-order valence-electron chi connectivity index (χ3n) is 2.85. The van der Waals surface area contributed by atoms with Crippen molar-refractivity contribution in [3.05, 3.63) is 52.8 Å². The van der Waals surface area contributed by atoms with Gasteiger partial charge in [0.05, 0.1) is 16.1 Å². The smallest absolute Gasteiger partial charge is 0.335 e. The molecule has 3 rings (SSSR count). The summed E-state index contributed by atoms with van der Waals surface area (Å²) in [5.74, 6) is -1.67. The first-order chi connectivity index (χ1) is 9.58. The maximum absolute atomic E-state index is 14.0. The predicted octanol–water partition coefficient (Wildman–Crippen LogP) is 2.91. The number of hydrogen-bond acceptors (Lipinski definition) is 3. The Labute approximate surface area is 117 Å². The Bertz CT molecular complexity index is 832. The monoisotopic (exact) mass is 291 g/mol. The van der Waals surface area contributed by atoms with Gasteiger partial charge in [0.15, 0.2) is 5.82 Å². The molecule has 0 unspecified atom stereocenters. The minimum Gasteiger partial charge on any atom is -0.478 e. The van der Waals surface area contributed by atoms with Crippen molar-refractivity contribution in [1.29, 1.82) is 0 Å². The maximum Gasteiger partial charge on any atom is 0.335 e. The molecule has 5 nitrogen and oxygen atoms in total. The van der Waals surface area contributed by atoms with Crippen LogP contribution in [0.3, 0.4) is 0 Å². The van der Waals surface area contributed by atoms with Crippen LogP contribution < -0.4 is 0 Å². The fraction of sp³-hybridized carbons (Fsp3) is 0. The van der Waals surface area contributed by atoms with Gasteiger partial charge in [-0.1, -0.05) is 22.9 Å². The van der Waals surface area contributed by atoms with E-state index in [-0.39, 0.29) is 16.3 Å². The molecular weight excluding hydrogens is 285 g/mol. The van der Waals surface area contributed by atoms with Crippen LogP contribution in [0.4, 0.5) is 4.39 Å². The largest absolute Gasteiger partial charge is 0.478 e. The van der Waals surface area contributed by atoms with Crippen LogP contribution in [-0.4, -0.2) is 26.1 Å². The number of nitrogens with zero attached hydrogens (tertiary/aromatic N) is 3. The van der Waals surface area contributed by atoms with Crippen LogP contribution in [0.15, 0.2) is 36.4 Å². The summed E-state index contributed by atoms with van der Waals surface area (Å²) in [6.07, 6.45) is 0. The van der Waals surface area contributed by atoms with E-state index in [0.29, 0.717) is 11.0 Å². The van der Waals surface area contributed by atoms with E-state index in [1.165, 1.54) is 35.0 Å². The minimum absolute atomic E-state index is 0.0201. The normalized spacial score (nSPS) is 10.9. The second kappa shape index (κ2) is 4.57. The van der Waals surface area contributed by atoms with Crippen LogP contribution in [-0.2, 0) is 0 Å².